The van der Waals surface area contributed by atoms with Crippen molar-refractivity contribution in [2.75, 3.05) is 6.54 Å². The molecule has 1 aromatic carbocycles. The summed E-state index contributed by atoms with van der Waals surface area (Å²) in [7, 11) is 0. The fraction of sp³-hybridized carbons (Fsp3) is 0.462. The van der Waals surface area contributed by atoms with E-state index in [1.165, 1.54) is 11.1 Å². The number of hydrogen-bond acceptors (Lipinski definition) is 2. The second-order valence-electron chi connectivity index (χ2n) is 4.97. The predicted molar refractivity (Wildman–Crippen MR) is 62.3 cm³/mol. The average Bonchev–Trinajstić information content (AvgIpc) is 2.69. The third-order valence-corrected chi connectivity index (χ3v) is 2.72. The van der Waals surface area contributed by atoms with E-state index in [0.29, 0.717) is 0 Å². The zero-order chi connectivity index (χ0) is 10.9. The van der Waals surface area contributed by atoms with Crippen LogP contribution in [0.25, 0.3) is 0 Å². The van der Waals surface area contributed by atoms with Crippen molar-refractivity contribution < 1.29 is 4.74 Å². The highest BCUT2D eigenvalue weighted by atomic mass is 16.5. The first-order valence-electron chi connectivity index (χ1n) is 5.31. The van der Waals surface area contributed by atoms with Gasteiger partial charge in [0.2, 0.25) is 0 Å². The summed E-state index contributed by atoms with van der Waals surface area (Å²) >= 11 is 0. The Bertz CT molecular complexity index is 351. The molecule has 1 aliphatic heterocycles. The van der Waals surface area contributed by atoms with Gasteiger partial charge in [0.25, 0.3) is 0 Å². The minimum absolute atomic E-state index is 0.124. The van der Waals surface area contributed by atoms with Gasteiger partial charge in [-0.3, -0.25) is 4.99 Å². The van der Waals surface area contributed by atoms with Crippen LogP contribution in [0.5, 0.6) is 0 Å². The molecular formula is C13H17NO. The van der Waals surface area contributed by atoms with Crippen molar-refractivity contribution in [3.05, 3.63) is 35.4 Å². The zero-order valence-electron chi connectivity index (χ0n) is 9.53. The van der Waals surface area contributed by atoms with Gasteiger partial charge in [0.15, 0.2) is 6.40 Å². The Kier molecular flexibility index (Phi) is 2.51. The van der Waals surface area contributed by atoms with Crippen LogP contribution in [0.2, 0.25) is 0 Å². The molecule has 1 aromatic rings. The van der Waals surface area contributed by atoms with E-state index in [1.807, 2.05) is 0 Å². The van der Waals surface area contributed by atoms with Gasteiger partial charge in [-0.25, -0.2) is 0 Å². The first-order valence-corrected chi connectivity index (χ1v) is 5.31. The molecule has 0 fully saturated rings. The predicted octanol–water partition coefficient (Wildman–Crippen LogP) is 3.08. The highest BCUT2D eigenvalue weighted by Gasteiger charge is 2.17. The fourth-order valence-electron chi connectivity index (χ4n) is 1.68. The number of rotatable bonds is 1. The normalized spacial score (nSPS) is 20.3. The van der Waals surface area contributed by atoms with Gasteiger partial charge in [0.05, 0.1) is 6.54 Å². The second-order valence-corrected chi connectivity index (χ2v) is 4.97. The minimum Gasteiger partial charge on any atom is -0.474 e. The Morgan fingerprint density at radius 3 is 2.33 bits per heavy atom. The van der Waals surface area contributed by atoms with E-state index in [0.717, 1.165) is 6.54 Å². The SMILES string of the molecule is CC(C)(C)c1ccc(C2CN=CO2)cc1. The molecule has 0 bridgehead atoms. The Morgan fingerprint density at radius 2 is 1.87 bits per heavy atom. The van der Waals surface area contributed by atoms with E-state index in [4.69, 9.17) is 4.74 Å². The molecule has 0 spiro atoms. The number of hydrogen-bond donors (Lipinski definition) is 0. The summed E-state index contributed by atoms with van der Waals surface area (Å²) in [6.07, 6.45) is 1.67. The summed E-state index contributed by atoms with van der Waals surface area (Å²) in [4.78, 5) is 4.07. The third kappa shape index (κ3) is 2.20. The number of ether oxygens (including phenoxy) is 1. The molecule has 2 heteroatoms. The van der Waals surface area contributed by atoms with E-state index < -0.39 is 0 Å². The van der Waals surface area contributed by atoms with Crippen LogP contribution < -0.4 is 0 Å². The van der Waals surface area contributed by atoms with Crippen LogP contribution in [0.15, 0.2) is 29.3 Å². The first kappa shape index (κ1) is 10.2. The Balaban J connectivity index is 2.17. The van der Waals surface area contributed by atoms with Crippen LogP contribution in [-0.4, -0.2) is 12.9 Å². The van der Waals surface area contributed by atoms with Crippen molar-refractivity contribution >= 4 is 6.40 Å². The maximum atomic E-state index is 5.37. The monoisotopic (exact) mass is 203 g/mol. The number of benzene rings is 1. The molecule has 0 amide bonds. The lowest BCUT2D eigenvalue weighted by atomic mass is 9.86. The van der Waals surface area contributed by atoms with Crippen molar-refractivity contribution in [1.29, 1.82) is 0 Å². The molecular weight excluding hydrogens is 186 g/mol. The van der Waals surface area contributed by atoms with E-state index >= 15 is 0 Å². The van der Waals surface area contributed by atoms with Gasteiger partial charge in [-0.2, -0.15) is 0 Å². The van der Waals surface area contributed by atoms with Gasteiger partial charge in [0.1, 0.15) is 6.10 Å². The van der Waals surface area contributed by atoms with Crippen molar-refractivity contribution in [2.45, 2.75) is 32.3 Å². The van der Waals surface area contributed by atoms with Crippen molar-refractivity contribution in [3.63, 3.8) is 0 Å². The van der Waals surface area contributed by atoms with E-state index in [9.17, 15) is 0 Å². The second kappa shape index (κ2) is 3.69. The van der Waals surface area contributed by atoms with E-state index in [1.54, 1.807) is 6.40 Å². The van der Waals surface area contributed by atoms with Gasteiger partial charge < -0.3 is 4.74 Å². The quantitative estimate of drug-likeness (QED) is 0.687. The lowest BCUT2D eigenvalue weighted by molar-refractivity contribution is 0.240. The first-order chi connectivity index (χ1) is 7.07. The summed E-state index contributed by atoms with van der Waals surface area (Å²) in [5.74, 6) is 0. The van der Waals surface area contributed by atoms with Crippen molar-refractivity contribution in [2.24, 2.45) is 4.99 Å². The van der Waals surface area contributed by atoms with Crippen molar-refractivity contribution in [3.8, 4) is 0 Å². The molecule has 1 atom stereocenters. The molecule has 0 aliphatic carbocycles. The lowest BCUT2D eigenvalue weighted by Gasteiger charge is -2.19. The molecule has 80 valence electrons. The highest BCUT2D eigenvalue weighted by molar-refractivity contribution is 5.50. The van der Waals surface area contributed by atoms with Crippen LogP contribution in [0, 0.1) is 0 Å². The molecule has 2 rings (SSSR count). The lowest BCUT2D eigenvalue weighted by Crippen LogP contribution is -2.11. The maximum absolute atomic E-state index is 5.37. The third-order valence-electron chi connectivity index (χ3n) is 2.72. The fourth-order valence-corrected chi connectivity index (χ4v) is 1.68. The highest BCUT2D eigenvalue weighted by Crippen LogP contribution is 2.26. The van der Waals surface area contributed by atoms with Gasteiger partial charge in [0, 0.05) is 0 Å². The Labute approximate surface area is 91.0 Å². The van der Waals surface area contributed by atoms with Gasteiger partial charge in [-0.15, -0.1) is 0 Å². The number of aliphatic imine (C=N–C) groups is 1. The molecule has 1 aliphatic rings. The van der Waals surface area contributed by atoms with E-state index in [2.05, 4.69) is 50.0 Å². The maximum Gasteiger partial charge on any atom is 0.170 e. The standard InChI is InChI=1S/C13H17NO/c1-13(2,3)11-6-4-10(5-7-11)12-8-14-9-15-12/h4-7,9,12H,8H2,1-3H3. The summed E-state index contributed by atoms with van der Waals surface area (Å²) < 4.78 is 5.37. The molecule has 2 nitrogen and oxygen atoms in total. The van der Waals surface area contributed by atoms with Crippen LogP contribution >= 0.6 is 0 Å². The molecule has 0 saturated heterocycles. The molecule has 0 aromatic heterocycles. The minimum atomic E-state index is 0.124. The Hall–Kier alpha value is -1.31. The summed E-state index contributed by atoms with van der Waals surface area (Å²) in [5.41, 5.74) is 2.77. The van der Waals surface area contributed by atoms with Crippen LogP contribution in [0.1, 0.15) is 38.0 Å². The molecule has 1 unspecified atom stereocenters. The van der Waals surface area contributed by atoms with Gasteiger partial charge in [-0.1, -0.05) is 45.0 Å². The number of nitrogens with zero attached hydrogens (tertiary/aromatic N) is 1. The average molecular weight is 203 g/mol. The van der Waals surface area contributed by atoms with E-state index in [-0.39, 0.29) is 11.5 Å². The van der Waals surface area contributed by atoms with Gasteiger partial charge in [-0.05, 0) is 16.5 Å². The van der Waals surface area contributed by atoms with Crippen LogP contribution in [-0.2, 0) is 10.2 Å². The van der Waals surface area contributed by atoms with Gasteiger partial charge >= 0.3 is 0 Å². The molecule has 15 heavy (non-hydrogen) atoms. The molecule has 0 N–H and O–H groups in total. The van der Waals surface area contributed by atoms with Crippen molar-refractivity contribution in [1.82, 2.24) is 0 Å². The smallest absolute Gasteiger partial charge is 0.170 e. The Morgan fingerprint density at radius 1 is 1.20 bits per heavy atom. The zero-order valence-corrected chi connectivity index (χ0v) is 9.53. The van der Waals surface area contributed by atoms with Crippen LogP contribution in [0.3, 0.4) is 0 Å². The summed E-state index contributed by atoms with van der Waals surface area (Å²) in [6, 6.07) is 8.63. The summed E-state index contributed by atoms with van der Waals surface area (Å²) in [5, 5.41) is 0. The molecule has 0 saturated carbocycles. The molecule has 0 radical (unpaired) electrons. The largest absolute Gasteiger partial charge is 0.474 e. The van der Waals surface area contributed by atoms with Crippen LogP contribution in [0.4, 0.5) is 0 Å². The topological polar surface area (TPSA) is 21.6 Å². The summed E-state index contributed by atoms with van der Waals surface area (Å²) in [6.45, 7) is 7.40. The molecule has 1 heterocycles.